The van der Waals surface area contributed by atoms with E-state index in [0.29, 0.717) is 5.82 Å². The van der Waals surface area contributed by atoms with E-state index in [1.54, 1.807) is 0 Å². The third-order valence-corrected chi connectivity index (χ3v) is 3.38. The van der Waals surface area contributed by atoms with Crippen LogP contribution in [-0.4, -0.2) is 34.8 Å². The van der Waals surface area contributed by atoms with E-state index in [1.165, 1.54) is 5.56 Å². The number of benzene rings is 1. The van der Waals surface area contributed by atoms with Gasteiger partial charge in [0.05, 0.1) is 12.6 Å². The van der Waals surface area contributed by atoms with Crippen molar-refractivity contribution in [2.75, 3.05) is 24.3 Å². The zero-order chi connectivity index (χ0) is 15.2. The topological polar surface area (TPSA) is 70.1 Å². The van der Waals surface area contributed by atoms with Gasteiger partial charge in [-0.1, -0.05) is 30.3 Å². The van der Waals surface area contributed by atoms with Gasteiger partial charge in [0.15, 0.2) is 0 Å². The zero-order valence-electron chi connectivity index (χ0n) is 12.7. The first-order chi connectivity index (χ1) is 10.1. The SMILES string of the molecule is CNc1nc(C)nc(NC(CO)Cc2ccccc2)c1C. The van der Waals surface area contributed by atoms with Crippen LogP contribution in [0.15, 0.2) is 30.3 Å². The minimum absolute atomic E-state index is 0.0479. The fraction of sp³-hybridized carbons (Fsp3) is 0.375. The molecule has 21 heavy (non-hydrogen) atoms. The molecule has 1 unspecified atom stereocenters. The second-order valence-electron chi connectivity index (χ2n) is 5.06. The number of aryl methyl sites for hydroxylation is 1. The second kappa shape index (κ2) is 7.04. The summed E-state index contributed by atoms with van der Waals surface area (Å²) >= 11 is 0. The molecule has 0 aliphatic carbocycles. The fourth-order valence-electron chi connectivity index (χ4n) is 2.27. The average Bonchev–Trinajstić information content (AvgIpc) is 2.50. The van der Waals surface area contributed by atoms with Crippen molar-refractivity contribution in [3.63, 3.8) is 0 Å². The molecule has 3 N–H and O–H groups in total. The fourth-order valence-corrected chi connectivity index (χ4v) is 2.27. The van der Waals surface area contributed by atoms with E-state index in [2.05, 4.69) is 32.7 Å². The Morgan fingerprint density at radius 1 is 1.10 bits per heavy atom. The van der Waals surface area contributed by atoms with Crippen molar-refractivity contribution in [3.8, 4) is 0 Å². The van der Waals surface area contributed by atoms with Crippen molar-refractivity contribution < 1.29 is 5.11 Å². The molecule has 1 heterocycles. The van der Waals surface area contributed by atoms with Gasteiger partial charge < -0.3 is 15.7 Å². The van der Waals surface area contributed by atoms with E-state index in [4.69, 9.17) is 0 Å². The van der Waals surface area contributed by atoms with Crippen molar-refractivity contribution in [1.82, 2.24) is 9.97 Å². The van der Waals surface area contributed by atoms with Crippen LogP contribution in [0.4, 0.5) is 11.6 Å². The first kappa shape index (κ1) is 15.3. The quantitative estimate of drug-likeness (QED) is 0.759. The van der Waals surface area contributed by atoms with Crippen LogP contribution in [0.5, 0.6) is 0 Å². The number of aromatic nitrogens is 2. The molecule has 1 atom stereocenters. The summed E-state index contributed by atoms with van der Waals surface area (Å²) in [5, 5.41) is 16.0. The molecule has 112 valence electrons. The number of aliphatic hydroxyl groups excluding tert-OH is 1. The predicted octanol–water partition coefficient (Wildman–Crippen LogP) is 2.15. The lowest BCUT2D eigenvalue weighted by atomic mass is 10.1. The van der Waals surface area contributed by atoms with Gasteiger partial charge in [0.2, 0.25) is 0 Å². The lowest BCUT2D eigenvalue weighted by Gasteiger charge is -2.19. The van der Waals surface area contributed by atoms with Gasteiger partial charge in [-0.2, -0.15) is 0 Å². The van der Waals surface area contributed by atoms with Crippen LogP contribution in [0, 0.1) is 13.8 Å². The number of nitrogens with zero attached hydrogens (tertiary/aromatic N) is 2. The van der Waals surface area contributed by atoms with Crippen LogP contribution in [0.2, 0.25) is 0 Å². The lowest BCUT2D eigenvalue weighted by molar-refractivity contribution is 0.273. The molecule has 2 aromatic rings. The summed E-state index contributed by atoms with van der Waals surface area (Å²) in [5.74, 6) is 2.27. The molecule has 0 aliphatic heterocycles. The van der Waals surface area contributed by atoms with E-state index >= 15 is 0 Å². The van der Waals surface area contributed by atoms with E-state index in [-0.39, 0.29) is 12.6 Å². The van der Waals surface area contributed by atoms with Gasteiger partial charge in [0, 0.05) is 12.6 Å². The summed E-state index contributed by atoms with van der Waals surface area (Å²) in [6, 6.07) is 10.0. The minimum atomic E-state index is -0.0786. The van der Waals surface area contributed by atoms with Crippen LogP contribution in [0.3, 0.4) is 0 Å². The Hall–Kier alpha value is -2.14. The van der Waals surface area contributed by atoms with Crippen molar-refractivity contribution in [1.29, 1.82) is 0 Å². The number of nitrogens with one attached hydrogen (secondary N) is 2. The van der Waals surface area contributed by atoms with Gasteiger partial charge >= 0.3 is 0 Å². The van der Waals surface area contributed by atoms with Crippen molar-refractivity contribution in [3.05, 3.63) is 47.3 Å². The van der Waals surface area contributed by atoms with Gasteiger partial charge in [-0.25, -0.2) is 9.97 Å². The largest absolute Gasteiger partial charge is 0.394 e. The molecular weight excluding hydrogens is 264 g/mol. The van der Waals surface area contributed by atoms with Crippen LogP contribution in [0.25, 0.3) is 0 Å². The highest BCUT2D eigenvalue weighted by Gasteiger charge is 2.13. The van der Waals surface area contributed by atoms with E-state index in [0.717, 1.165) is 23.6 Å². The van der Waals surface area contributed by atoms with Crippen molar-refractivity contribution >= 4 is 11.6 Å². The molecule has 0 radical (unpaired) electrons. The normalized spacial score (nSPS) is 12.0. The van der Waals surface area contributed by atoms with Gasteiger partial charge in [0.25, 0.3) is 0 Å². The molecule has 0 saturated heterocycles. The van der Waals surface area contributed by atoms with Crippen LogP contribution >= 0.6 is 0 Å². The third kappa shape index (κ3) is 3.92. The Balaban J connectivity index is 2.17. The Morgan fingerprint density at radius 3 is 2.38 bits per heavy atom. The Kier molecular flexibility index (Phi) is 5.11. The van der Waals surface area contributed by atoms with Crippen molar-refractivity contribution in [2.45, 2.75) is 26.3 Å². The molecule has 0 bridgehead atoms. The van der Waals surface area contributed by atoms with Gasteiger partial charge in [-0.15, -0.1) is 0 Å². The zero-order valence-corrected chi connectivity index (χ0v) is 12.7. The monoisotopic (exact) mass is 286 g/mol. The highest BCUT2D eigenvalue weighted by atomic mass is 16.3. The first-order valence-electron chi connectivity index (χ1n) is 7.08. The van der Waals surface area contributed by atoms with Crippen molar-refractivity contribution in [2.24, 2.45) is 0 Å². The Labute approximate surface area is 125 Å². The lowest BCUT2D eigenvalue weighted by Crippen LogP contribution is -2.27. The van der Waals surface area contributed by atoms with Crippen LogP contribution < -0.4 is 10.6 Å². The smallest absolute Gasteiger partial charge is 0.135 e. The highest BCUT2D eigenvalue weighted by Crippen LogP contribution is 2.20. The molecule has 2 rings (SSSR count). The maximum atomic E-state index is 9.61. The molecule has 1 aromatic carbocycles. The maximum absolute atomic E-state index is 9.61. The van der Waals surface area contributed by atoms with E-state index < -0.39 is 0 Å². The number of anilines is 2. The van der Waals surface area contributed by atoms with Gasteiger partial charge in [-0.3, -0.25) is 0 Å². The van der Waals surface area contributed by atoms with Gasteiger partial charge in [-0.05, 0) is 25.8 Å². The summed E-state index contributed by atoms with van der Waals surface area (Å²) in [6.07, 6.45) is 0.745. The minimum Gasteiger partial charge on any atom is -0.394 e. The molecule has 0 aliphatic rings. The Morgan fingerprint density at radius 2 is 1.76 bits per heavy atom. The summed E-state index contributed by atoms with van der Waals surface area (Å²) in [5.41, 5.74) is 2.14. The highest BCUT2D eigenvalue weighted by molar-refractivity contribution is 5.57. The van der Waals surface area contributed by atoms with Gasteiger partial charge in [0.1, 0.15) is 17.5 Å². The number of hydrogen-bond acceptors (Lipinski definition) is 5. The van der Waals surface area contributed by atoms with Crippen LogP contribution in [-0.2, 0) is 6.42 Å². The molecule has 1 aromatic heterocycles. The molecule has 0 spiro atoms. The molecule has 5 heteroatoms. The predicted molar refractivity (Wildman–Crippen MR) is 85.7 cm³/mol. The number of rotatable bonds is 6. The van der Waals surface area contributed by atoms with E-state index in [9.17, 15) is 5.11 Å². The maximum Gasteiger partial charge on any atom is 0.135 e. The second-order valence-corrected chi connectivity index (χ2v) is 5.06. The molecule has 0 fully saturated rings. The Bertz CT molecular complexity index is 586. The summed E-state index contributed by atoms with van der Waals surface area (Å²) < 4.78 is 0. The number of aliphatic hydroxyl groups is 1. The van der Waals surface area contributed by atoms with Crippen LogP contribution in [0.1, 0.15) is 17.0 Å². The summed E-state index contributed by atoms with van der Waals surface area (Å²) in [4.78, 5) is 8.78. The summed E-state index contributed by atoms with van der Waals surface area (Å²) in [6.45, 7) is 3.87. The van der Waals surface area contributed by atoms with E-state index in [1.807, 2.05) is 39.1 Å². The molecule has 0 amide bonds. The molecular formula is C16H22N4O. The average molecular weight is 286 g/mol. The first-order valence-corrected chi connectivity index (χ1v) is 7.08. The standard InChI is InChI=1S/C16H22N4O/c1-11-15(17-3)18-12(2)19-16(11)20-14(10-21)9-13-7-5-4-6-8-13/h4-8,14,21H,9-10H2,1-3H3,(H2,17,18,19,20). The number of hydrogen-bond donors (Lipinski definition) is 3. The molecule has 5 nitrogen and oxygen atoms in total. The summed E-state index contributed by atoms with van der Waals surface area (Å²) in [7, 11) is 1.84. The molecule has 0 saturated carbocycles. The third-order valence-electron chi connectivity index (χ3n) is 3.38.